The van der Waals surface area contributed by atoms with Gasteiger partial charge in [0.25, 0.3) is 0 Å². The zero-order chi connectivity index (χ0) is 28.2. The molecule has 1 heterocycles. The minimum atomic E-state index is -0.502. The first-order valence-electron chi connectivity index (χ1n) is 14.7. The topological polar surface area (TPSA) is 78.9 Å². The zero-order valence-corrected chi connectivity index (χ0v) is 24.4. The van der Waals surface area contributed by atoms with Gasteiger partial charge in [-0.05, 0) is 61.4 Å². The van der Waals surface area contributed by atoms with E-state index in [1.54, 1.807) is 21.1 Å². The number of anilines is 1. The quantitative estimate of drug-likeness (QED) is 0.298. The second-order valence-electron chi connectivity index (χ2n) is 10.8. The van der Waals surface area contributed by atoms with Crippen LogP contribution < -0.4 is 9.64 Å². The summed E-state index contributed by atoms with van der Waals surface area (Å²) in [6, 6.07) is 15.0. The van der Waals surface area contributed by atoms with Crippen LogP contribution >= 0.6 is 0 Å². The molecule has 4 rings (SSSR count). The fraction of sp³-hybridized carbons (Fsp3) is 0.625. The molecule has 0 radical (unpaired) electrons. The van der Waals surface area contributed by atoms with E-state index < -0.39 is 6.10 Å². The molecule has 8 heteroatoms. The molecule has 40 heavy (non-hydrogen) atoms. The van der Waals surface area contributed by atoms with E-state index in [1.807, 2.05) is 0 Å². The van der Waals surface area contributed by atoms with Gasteiger partial charge in [0.05, 0.1) is 63.6 Å². The van der Waals surface area contributed by atoms with Crippen LogP contribution in [0.5, 0.6) is 5.75 Å². The first kappa shape index (κ1) is 30.8. The van der Waals surface area contributed by atoms with Gasteiger partial charge >= 0.3 is 0 Å². The first-order chi connectivity index (χ1) is 19.6. The highest BCUT2D eigenvalue weighted by Crippen LogP contribution is 2.39. The Bertz CT molecular complexity index is 999. The van der Waals surface area contributed by atoms with E-state index in [4.69, 9.17) is 28.4 Å². The lowest BCUT2D eigenvalue weighted by atomic mass is 9.79. The molecule has 2 aromatic rings. The third-order valence-corrected chi connectivity index (χ3v) is 7.62. The minimum absolute atomic E-state index is 0.00892. The van der Waals surface area contributed by atoms with Crippen LogP contribution in [0.3, 0.4) is 0 Å². The third-order valence-electron chi connectivity index (χ3n) is 7.62. The highest BCUT2D eigenvalue weighted by Gasteiger charge is 2.36. The molecule has 1 aliphatic carbocycles. The number of hydrogen-bond acceptors (Lipinski definition) is 8. The van der Waals surface area contributed by atoms with Crippen molar-refractivity contribution in [3.05, 3.63) is 59.2 Å². The van der Waals surface area contributed by atoms with Crippen LogP contribution in [0.1, 0.15) is 55.2 Å². The van der Waals surface area contributed by atoms with Gasteiger partial charge in [-0.1, -0.05) is 30.3 Å². The summed E-state index contributed by atoms with van der Waals surface area (Å²) in [5.41, 5.74) is 4.59. The lowest BCUT2D eigenvalue weighted by molar-refractivity contribution is -0.0835. The summed E-state index contributed by atoms with van der Waals surface area (Å²) in [5, 5.41) is 9.90. The Morgan fingerprint density at radius 2 is 1.68 bits per heavy atom. The maximum Gasteiger partial charge on any atom is 0.142 e. The standard InChI is InChI=1S/C32H47NO7/c1-24(34)21-39-30-6-4-7-31(32(30)27-11-8-25(9-12-27)22-37-19-18-36-3)40-23-26-10-13-29-28(20-26)33(15-17-38-29)14-5-16-35-2/h8-13,20,24,30-32,34H,4-7,14-19,21-23H2,1-3H3/t24-,30+,31-,32-/m0/s1. The summed E-state index contributed by atoms with van der Waals surface area (Å²) in [4.78, 5) is 2.38. The second kappa shape index (κ2) is 16.3. The van der Waals surface area contributed by atoms with Crippen molar-refractivity contribution in [3.63, 3.8) is 0 Å². The van der Waals surface area contributed by atoms with Crippen LogP contribution in [-0.4, -0.2) is 83.8 Å². The van der Waals surface area contributed by atoms with Crippen LogP contribution in [0.4, 0.5) is 5.69 Å². The average molecular weight is 558 g/mol. The summed E-state index contributed by atoms with van der Waals surface area (Å²) in [6.45, 7) is 7.60. The molecular weight excluding hydrogens is 510 g/mol. The molecule has 222 valence electrons. The Labute approximate surface area is 239 Å². The van der Waals surface area contributed by atoms with Crippen LogP contribution in [0.2, 0.25) is 0 Å². The predicted molar refractivity (Wildman–Crippen MR) is 155 cm³/mol. The van der Waals surface area contributed by atoms with Gasteiger partial charge < -0.3 is 38.4 Å². The van der Waals surface area contributed by atoms with Gasteiger partial charge in [0.1, 0.15) is 12.4 Å². The van der Waals surface area contributed by atoms with E-state index in [0.717, 1.165) is 67.9 Å². The molecule has 0 amide bonds. The Hall–Kier alpha value is -2.20. The number of methoxy groups -OCH3 is 2. The van der Waals surface area contributed by atoms with Crippen LogP contribution in [0.15, 0.2) is 42.5 Å². The summed E-state index contributed by atoms with van der Waals surface area (Å²) < 4.78 is 34.8. The largest absolute Gasteiger partial charge is 0.490 e. The average Bonchev–Trinajstić information content (AvgIpc) is 2.98. The molecule has 4 atom stereocenters. The molecule has 0 unspecified atom stereocenters. The van der Waals surface area contributed by atoms with Gasteiger partial charge in [0.15, 0.2) is 0 Å². The van der Waals surface area contributed by atoms with Crippen molar-refractivity contribution < 1.29 is 33.5 Å². The van der Waals surface area contributed by atoms with Gasteiger partial charge in [0, 0.05) is 33.3 Å². The predicted octanol–water partition coefficient (Wildman–Crippen LogP) is 4.70. The molecule has 8 nitrogen and oxygen atoms in total. The van der Waals surface area contributed by atoms with Gasteiger partial charge in [-0.25, -0.2) is 0 Å². The van der Waals surface area contributed by atoms with Crippen molar-refractivity contribution in [2.45, 2.75) is 70.1 Å². The van der Waals surface area contributed by atoms with Crippen molar-refractivity contribution in [1.82, 2.24) is 0 Å². The van der Waals surface area contributed by atoms with E-state index in [2.05, 4.69) is 47.4 Å². The first-order valence-corrected chi connectivity index (χ1v) is 14.7. The van der Waals surface area contributed by atoms with E-state index in [1.165, 1.54) is 5.56 Å². The van der Waals surface area contributed by atoms with Gasteiger partial charge in [0.2, 0.25) is 0 Å². The number of rotatable bonds is 16. The molecule has 1 N–H and O–H groups in total. The fourth-order valence-electron chi connectivity index (χ4n) is 5.60. The van der Waals surface area contributed by atoms with E-state index in [0.29, 0.717) is 39.6 Å². The number of fused-ring (bicyclic) bond motifs is 1. The van der Waals surface area contributed by atoms with Crippen LogP contribution in [-0.2, 0) is 36.9 Å². The maximum absolute atomic E-state index is 9.90. The Morgan fingerprint density at radius 3 is 2.42 bits per heavy atom. The van der Waals surface area contributed by atoms with Crippen LogP contribution in [0, 0.1) is 0 Å². The second-order valence-corrected chi connectivity index (χ2v) is 10.8. The molecule has 1 saturated carbocycles. The Kier molecular flexibility index (Phi) is 12.5. The van der Waals surface area contributed by atoms with Crippen molar-refractivity contribution in [2.75, 3.05) is 65.2 Å². The molecule has 2 aliphatic rings. The molecule has 2 aromatic carbocycles. The molecule has 1 aliphatic heterocycles. The lowest BCUT2D eigenvalue weighted by Crippen LogP contribution is -2.38. The van der Waals surface area contributed by atoms with Crippen molar-refractivity contribution >= 4 is 5.69 Å². The molecule has 0 aromatic heterocycles. The van der Waals surface area contributed by atoms with E-state index in [-0.39, 0.29) is 18.1 Å². The van der Waals surface area contributed by atoms with Gasteiger partial charge in [-0.15, -0.1) is 0 Å². The van der Waals surface area contributed by atoms with E-state index in [9.17, 15) is 5.11 Å². The summed E-state index contributed by atoms with van der Waals surface area (Å²) >= 11 is 0. The Balaban J connectivity index is 1.45. The number of hydrogen-bond donors (Lipinski definition) is 1. The maximum atomic E-state index is 9.90. The van der Waals surface area contributed by atoms with Crippen LogP contribution in [0.25, 0.3) is 0 Å². The smallest absolute Gasteiger partial charge is 0.142 e. The minimum Gasteiger partial charge on any atom is -0.490 e. The number of aliphatic hydroxyl groups is 1. The summed E-state index contributed by atoms with van der Waals surface area (Å²) in [5.74, 6) is 1.02. The highest BCUT2D eigenvalue weighted by atomic mass is 16.5. The van der Waals surface area contributed by atoms with Crippen molar-refractivity contribution in [3.8, 4) is 5.75 Å². The number of benzene rings is 2. The fourth-order valence-corrected chi connectivity index (χ4v) is 5.60. The number of nitrogens with zero attached hydrogens (tertiary/aromatic N) is 1. The third kappa shape index (κ3) is 8.90. The lowest BCUT2D eigenvalue weighted by Gasteiger charge is -2.38. The van der Waals surface area contributed by atoms with Gasteiger partial charge in [-0.2, -0.15) is 0 Å². The number of ether oxygens (including phenoxy) is 6. The normalized spacial score (nSPS) is 21.6. The summed E-state index contributed by atoms with van der Waals surface area (Å²) in [7, 11) is 3.42. The molecule has 0 bridgehead atoms. The Morgan fingerprint density at radius 1 is 0.925 bits per heavy atom. The molecule has 0 saturated heterocycles. The molecule has 0 spiro atoms. The molecule has 1 fully saturated rings. The van der Waals surface area contributed by atoms with Crippen molar-refractivity contribution in [2.24, 2.45) is 0 Å². The van der Waals surface area contributed by atoms with Crippen molar-refractivity contribution in [1.29, 1.82) is 0 Å². The van der Waals surface area contributed by atoms with E-state index >= 15 is 0 Å². The highest BCUT2D eigenvalue weighted by molar-refractivity contribution is 5.61. The van der Waals surface area contributed by atoms with Gasteiger partial charge in [-0.3, -0.25) is 0 Å². The molecular formula is C32H47NO7. The SMILES string of the molecule is COCCCN1CCOc2ccc(CO[C@H]3CCC[C@@H](OC[C@H](C)O)[C@@H]3c3ccc(COCCOC)cc3)cc21. The summed E-state index contributed by atoms with van der Waals surface area (Å²) in [6.07, 6.45) is 3.43. The zero-order valence-electron chi connectivity index (χ0n) is 24.4. The monoisotopic (exact) mass is 557 g/mol. The number of aliphatic hydroxyl groups excluding tert-OH is 1.